The Bertz CT molecular complexity index is 403. The van der Waals surface area contributed by atoms with Gasteiger partial charge < -0.3 is 10.2 Å². The summed E-state index contributed by atoms with van der Waals surface area (Å²) in [5.74, 6) is -0.0351. The number of amides is 2. The van der Waals surface area contributed by atoms with Crippen molar-refractivity contribution in [3.05, 3.63) is 35.9 Å². The van der Waals surface area contributed by atoms with Crippen molar-refractivity contribution >= 4 is 11.8 Å². The monoisotopic (exact) mass is 218 g/mol. The summed E-state index contributed by atoms with van der Waals surface area (Å²) < 4.78 is 0. The van der Waals surface area contributed by atoms with E-state index < -0.39 is 0 Å². The number of carbonyl (C=O) groups is 2. The number of nitrogens with one attached hydrogen (secondary N) is 1. The molecule has 0 aromatic heterocycles. The third-order valence-electron chi connectivity index (χ3n) is 2.71. The molecule has 1 unspecified atom stereocenters. The van der Waals surface area contributed by atoms with Gasteiger partial charge >= 0.3 is 0 Å². The van der Waals surface area contributed by atoms with Crippen LogP contribution < -0.4 is 5.32 Å². The Balaban J connectivity index is 1.97. The molecule has 1 aliphatic rings. The SMILES string of the molecule is CN1CC(NC(=O)c2ccccc2)CC1=O. The molecule has 0 radical (unpaired) electrons. The maximum atomic E-state index is 11.8. The number of hydrogen-bond donors (Lipinski definition) is 1. The third kappa shape index (κ3) is 2.21. The van der Waals surface area contributed by atoms with E-state index >= 15 is 0 Å². The number of rotatable bonds is 2. The van der Waals surface area contributed by atoms with Crippen molar-refractivity contribution < 1.29 is 9.59 Å². The second-order valence-electron chi connectivity index (χ2n) is 4.01. The van der Waals surface area contributed by atoms with Gasteiger partial charge in [0.15, 0.2) is 0 Å². The zero-order valence-corrected chi connectivity index (χ0v) is 9.14. The van der Waals surface area contributed by atoms with Gasteiger partial charge in [-0.25, -0.2) is 0 Å². The van der Waals surface area contributed by atoms with Crippen molar-refractivity contribution in [1.82, 2.24) is 10.2 Å². The Kier molecular flexibility index (Phi) is 2.90. The van der Waals surface area contributed by atoms with Crippen LogP contribution in [0.15, 0.2) is 30.3 Å². The van der Waals surface area contributed by atoms with Gasteiger partial charge in [0.1, 0.15) is 0 Å². The molecular formula is C12H14N2O2. The molecule has 1 atom stereocenters. The third-order valence-corrected chi connectivity index (χ3v) is 2.71. The lowest BCUT2D eigenvalue weighted by Gasteiger charge is -2.12. The fraction of sp³-hybridized carbons (Fsp3) is 0.333. The van der Waals surface area contributed by atoms with E-state index in [2.05, 4.69) is 5.32 Å². The van der Waals surface area contributed by atoms with Gasteiger partial charge in [-0.1, -0.05) is 18.2 Å². The summed E-state index contributed by atoms with van der Waals surface area (Å²) in [6.07, 6.45) is 0.398. The van der Waals surface area contributed by atoms with Gasteiger partial charge in [0.05, 0.1) is 6.04 Å². The molecule has 1 saturated heterocycles. The Hall–Kier alpha value is -1.84. The Morgan fingerprint density at radius 2 is 2.06 bits per heavy atom. The van der Waals surface area contributed by atoms with Gasteiger partial charge in [0, 0.05) is 25.6 Å². The largest absolute Gasteiger partial charge is 0.347 e. The Morgan fingerprint density at radius 3 is 2.62 bits per heavy atom. The van der Waals surface area contributed by atoms with E-state index in [-0.39, 0.29) is 17.9 Å². The molecule has 1 N–H and O–H groups in total. The molecule has 1 aliphatic heterocycles. The predicted octanol–water partition coefficient (Wildman–Crippen LogP) is 0.647. The van der Waals surface area contributed by atoms with Crippen LogP contribution in [0.2, 0.25) is 0 Å². The van der Waals surface area contributed by atoms with Gasteiger partial charge in [-0.2, -0.15) is 0 Å². The van der Waals surface area contributed by atoms with Crippen LogP contribution in [-0.4, -0.2) is 36.3 Å². The summed E-state index contributed by atoms with van der Waals surface area (Å²) in [4.78, 5) is 24.7. The maximum absolute atomic E-state index is 11.8. The number of nitrogens with zero attached hydrogens (tertiary/aromatic N) is 1. The molecule has 84 valence electrons. The molecule has 1 heterocycles. The van der Waals surface area contributed by atoms with Crippen LogP contribution in [0.4, 0.5) is 0 Å². The molecule has 1 fully saturated rings. The number of hydrogen-bond acceptors (Lipinski definition) is 2. The molecule has 1 aromatic rings. The van der Waals surface area contributed by atoms with Gasteiger partial charge in [-0.15, -0.1) is 0 Å². The van der Waals surface area contributed by atoms with E-state index in [0.29, 0.717) is 18.5 Å². The maximum Gasteiger partial charge on any atom is 0.251 e. The first-order chi connectivity index (χ1) is 7.66. The second kappa shape index (κ2) is 4.35. The first-order valence-electron chi connectivity index (χ1n) is 5.26. The van der Waals surface area contributed by atoms with Crippen LogP contribution in [0.1, 0.15) is 16.8 Å². The summed E-state index contributed by atoms with van der Waals surface area (Å²) in [6, 6.07) is 8.96. The van der Waals surface area contributed by atoms with Crippen molar-refractivity contribution in [3.8, 4) is 0 Å². The smallest absolute Gasteiger partial charge is 0.251 e. The molecule has 0 bridgehead atoms. The van der Waals surface area contributed by atoms with Crippen LogP contribution in [0, 0.1) is 0 Å². The molecule has 1 aromatic carbocycles. The minimum atomic E-state index is -0.117. The average molecular weight is 218 g/mol. The second-order valence-corrected chi connectivity index (χ2v) is 4.01. The van der Waals surface area contributed by atoms with Crippen LogP contribution >= 0.6 is 0 Å². The molecular weight excluding hydrogens is 204 g/mol. The quantitative estimate of drug-likeness (QED) is 0.792. The van der Waals surface area contributed by atoms with Crippen molar-refractivity contribution in [2.75, 3.05) is 13.6 Å². The molecule has 2 amide bonds. The summed E-state index contributed by atoms with van der Waals surface area (Å²) in [5, 5.41) is 2.85. The van der Waals surface area contributed by atoms with Crippen molar-refractivity contribution in [2.24, 2.45) is 0 Å². The molecule has 0 saturated carbocycles. The average Bonchev–Trinajstić information content (AvgIpc) is 2.59. The summed E-state index contributed by atoms with van der Waals surface area (Å²) >= 11 is 0. The molecule has 0 aliphatic carbocycles. The standard InChI is InChI=1S/C12H14N2O2/c1-14-8-10(7-11(14)15)13-12(16)9-5-3-2-4-6-9/h2-6,10H,7-8H2,1H3,(H,13,16). The van der Waals surface area contributed by atoms with Gasteiger partial charge in [0.2, 0.25) is 5.91 Å². The number of carbonyl (C=O) groups excluding carboxylic acids is 2. The van der Waals surface area contributed by atoms with Crippen molar-refractivity contribution in [3.63, 3.8) is 0 Å². The zero-order chi connectivity index (χ0) is 11.5. The van der Waals surface area contributed by atoms with Crippen LogP contribution in [0.3, 0.4) is 0 Å². The van der Waals surface area contributed by atoms with Crippen LogP contribution in [-0.2, 0) is 4.79 Å². The van der Waals surface area contributed by atoms with Gasteiger partial charge in [-0.05, 0) is 12.1 Å². The van der Waals surface area contributed by atoms with Gasteiger partial charge in [-0.3, -0.25) is 9.59 Å². The highest BCUT2D eigenvalue weighted by Crippen LogP contribution is 2.09. The van der Waals surface area contributed by atoms with E-state index in [4.69, 9.17) is 0 Å². The molecule has 2 rings (SSSR count). The normalized spacial score (nSPS) is 19.9. The lowest BCUT2D eigenvalue weighted by molar-refractivity contribution is -0.126. The van der Waals surface area contributed by atoms with Crippen molar-refractivity contribution in [1.29, 1.82) is 0 Å². The van der Waals surface area contributed by atoms with E-state index in [1.807, 2.05) is 18.2 Å². The molecule has 16 heavy (non-hydrogen) atoms. The summed E-state index contributed by atoms with van der Waals surface area (Å²) in [6.45, 7) is 0.595. The topological polar surface area (TPSA) is 49.4 Å². The van der Waals surface area contributed by atoms with Crippen molar-refractivity contribution in [2.45, 2.75) is 12.5 Å². The molecule has 4 heteroatoms. The minimum Gasteiger partial charge on any atom is -0.347 e. The fourth-order valence-electron chi connectivity index (χ4n) is 1.82. The lowest BCUT2D eigenvalue weighted by Crippen LogP contribution is -2.36. The first-order valence-corrected chi connectivity index (χ1v) is 5.26. The fourth-order valence-corrected chi connectivity index (χ4v) is 1.82. The lowest BCUT2D eigenvalue weighted by atomic mass is 10.2. The highest BCUT2D eigenvalue weighted by atomic mass is 16.2. The minimum absolute atomic E-state index is 0.0646. The highest BCUT2D eigenvalue weighted by Gasteiger charge is 2.27. The van der Waals surface area contributed by atoms with E-state index in [0.717, 1.165) is 0 Å². The Labute approximate surface area is 94.2 Å². The first kappa shape index (κ1) is 10.7. The zero-order valence-electron chi connectivity index (χ0n) is 9.14. The van der Waals surface area contributed by atoms with E-state index in [1.165, 1.54) is 0 Å². The number of benzene rings is 1. The predicted molar refractivity (Wildman–Crippen MR) is 60.0 cm³/mol. The van der Waals surface area contributed by atoms with Crippen LogP contribution in [0.5, 0.6) is 0 Å². The number of likely N-dealkylation sites (N-methyl/N-ethyl adjacent to an activating group) is 1. The molecule has 4 nitrogen and oxygen atoms in total. The molecule has 0 spiro atoms. The Morgan fingerprint density at radius 1 is 1.38 bits per heavy atom. The summed E-state index contributed by atoms with van der Waals surface area (Å²) in [7, 11) is 1.75. The van der Waals surface area contributed by atoms with E-state index in [9.17, 15) is 9.59 Å². The highest BCUT2D eigenvalue weighted by molar-refractivity contribution is 5.95. The van der Waals surface area contributed by atoms with Crippen LogP contribution in [0.25, 0.3) is 0 Å². The summed E-state index contributed by atoms with van der Waals surface area (Å²) in [5.41, 5.74) is 0.629. The number of likely N-dealkylation sites (tertiary alicyclic amines) is 1. The van der Waals surface area contributed by atoms with Gasteiger partial charge in [0.25, 0.3) is 5.91 Å². The van der Waals surface area contributed by atoms with E-state index in [1.54, 1.807) is 24.1 Å².